The molecule has 26 heavy (non-hydrogen) atoms. The third kappa shape index (κ3) is 2.27. The molecule has 1 N–H and O–H groups in total. The van der Waals surface area contributed by atoms with E-state index in [1.54, 1.807) is 0 Å². The molecular formula is C24H34N2. The fraction of sp³-hybridized carbons (Fsp3) is 0.750. The Morgan fingerprint density at radius 1 is 0.692 bits per heavy atom. The molecule has 0 bridgehead atoms. The lowest BCUT2D eigenvalue weighted by molar-refractivity contribution is 0.139. The smallest absolute Gasteiger partial charge is 0.0371 e. The van der Waals surface area contributed by atoms with Crippen molar-refractivity contribution >= 4 is 5.69 Å². The van der Waals surface area contributed by atoms with E-state index >= 15 is 0 Å². The van der Waals surface area contributed by atoms with Crippen molar-refractivity contribution in [3.63, 3.8) is 0 Å². The highest BCUT2D eigenvalue weighted by Crippen LogP contribution is 2.56. The highest BCUT2D eigenvalue weighted by molar-refractivity contribution is 5.51. The molecule has 2 heteroatoms. The van der Waals surface area contributed by atoms with Crippen LogP contribution in [0.3, 0.4) is 0 Å². The molecule has 140 valence electrons. The second-order valence-corrected chi connectivity index (χ2v) is 9.89. The fourth-order valence-corrected chi connectivity index (χ4v) is 8.14. The standard InChI is InChI=1S/C24H34N2/c1-2-8-16(9-3-1)26-21-13-7-5-11-19(21)23-22(26)15-14-18-17-10-4-6-12-20(17)25-24(18)23/h1-3,8-9,17-25H,4-7,10-15H2. The van der Waals surface area contributed by atoms with Gasteiger partial charge < -0.3 is 10.2 Å². The van der Waals surface area contributed by atoms with Crippen LogP contribution in [-0.2, 0) is 0 Å². The van der Waals surface area contributed by atoms with E-state index in [4.69, 9.17) is 0 Å². The van der Waals surface area contributed by atoms with E-state index in [1.807, 2.05) is 0 Å². The maximum Gasteiger partial charge on any atom is 0.0371 e. The Labute approximate surface area is 158 Å². The summed E-state index contributed by atoms with van der Waals surface area (Å²) in [5.74, 6) is 3.83. The van der Waals surface area contributed by atoms with E-state index < -0.39 is 0 Å². The van der Waals surface area contributed by atoms with Crippen molar-refractivity contribution in [3.8, 4) is 0 Å². The van der Waals surface area contributed by atoms with Gasteiger partial charge in [-0.1, -0.05) is 43.9 Å². The zero-order valence-corrected chi connectivity index (χ0v) is 16.0. The number of para-hydroxylation sites is 1. The topological polar surface area (TPSA) is 15.3 Å². The maximum atomic E-state index is 4.24. The zero-order chi connectivity index (χ0) is 17.1. The Hall–Kier alpha value is -1.02. The largest absolute Gasteiger partial charge is 0.365 e. The summed E-state index contributed by atoms with van der Waals surface area (Å²) in [6.07, 6.45) is 14.6. The maximum absolute atomic E-state index is 4.24. The number of rotatable bonds is 1. The number of anilines is 1. The monoisotopic (exact) mass is 350 g/mol. The lowest BCUT2D eigenvalue weighted by Crippen LogP contribution is -2.49. The third-order valence-electron chi connectivity index (χ3n) is 8.94. The van der Waals surface area contributed by atoms with Gasteiger partial charge in [0, 0.05) is 29.9 Å². The highest BCUT2D eigenvalue weighted by Gasteiger charge is 2.59. The molecule has 1 aromatic rings. The Kier molecular flexibility index (Phi) is 3.85. The first-order chi connectivity index (χ1) is 12.9. The molecular weight excluding hydrogens is 316 g/mol. The van der Waals surface area contributed by atoms with Gasteiger partial charge in [0.1, 0.15) is 0 Å². The second kappa shape index (κ2) is 6.26. The van der Waals surface area contributed by atoms with Crippen LogP contribution in [-0.4, -0.2) is 24.2 Å². The summed E-state index contributed by atoms with van der Waals surface area (Å²) in [5, 5.41) is 4.24. The second-order valence-electron chi connectivity index (χ2n) is 9.89. The van der Waals surface area contributed by atoms with Crippen molar-refractivity contribution in [1.29, 1.82) is 0 Å². The minimum atomic E-state index is 0.791. The van der Waals surface area contributed by atoms with Crippen LogP contribution in [0, 0.1) is 23.7 Å². The summed E-state index contributed by atoms with van der Waals surface area (Å²) >= 11 is 0. The molecule has 3 aliphatic carbocycles. The van der Waals surface area contributed by atoms with Gasteiger partial charge in [-0.25, -0.2) is 0 Å². The average Bonchev–Trinajstić information content (AvgIpc) is 3.24. The number of nitrogens with zero attached hydrogens (tertiary/aromatic N) is 1. The van der Waals surface area contributed by atoms with Crippen molar-refractivity contribution < 1.29 is 0 Å². The first-order valence-corrected chi connectivity index (χ1v) is 11.5. The molecule has 8 unspecified atom stereocenters. The van der Waals surface area contributed by atoms with Crippen molar-refractivity contribution in [2.45, 2.75) is 88.4 Å². The lowest BCUT2D eigenvalue weighted by atomic mass is 9.65. The Morgan fingerprint density at radius 3 is 2.35 bits per heavy atom. The summed E-state index contributed by atoms with van der Waals surface area (Å²) in [6.45, 7) is 0. The van der Waals surface area contributed by atoms with Gasteiger partial charge >= 0.3 is 0 Å². The third-order valence-corrected chi connectivity index (χ3v) is 8.94. The van der Waals surface area contributed by atoms with E-state index in [0.717, 1.165) is 47.8 Å². The van der Waals surface area contributed by atoms with Gasteiger partial charge in [-0.2, -0.15) is 0 Å². The van der Waals surface area contributed by atoms with Crippen LogP contribution in [0.15, 0.2) is 30.3 Å². The van der Waals surface area contributed by atoms with Crippen LogP contribution in [0.5, 0.6) is 0 Å². The van der Waals surface area contributed by atoms with E-state index in [-0.39, 0.29) is 0 Å². The normalized spacial score (nSPS) is 47.0. The molecule has 3 saturated carbocycles. The molecule has 0 radical (unpaired) electrons. The number of fused-ring (bicyclic) bond motifs is 7. The van der Waals surface area contributed by atoms with E-state index in [0.29, 0.717) is 0 Å². The first-order valence-electron chi connectivity index (χ1n) is 11.5. The molecule has 2 aliphatic heterocycles. The van der Waals surface area contributed by atoms with E-state index in [9.17, 15) is 0 Å². The molecule has 2 saturated heterocycles. The Balaban J connectivity index is 1.37. The van der Waals surface area contributed by atoms with Crippen LogP contribution < -0.4 is 10.2 Å². The molecule has 2 heterocycles. The van der Waals surface area contributed by atoms with Gasteiger partial charge in [0.05, 0.1) is 0 Å². The quantitative estimate of drug-likeness (QED) is 0.767. The van der Waals surface area contributed by atoms with Gasteiger partial charge in [-0.3, -0.25) is 0 Å². The Bertz CT molecular complexity index is 643. The first kappa shape index (κ1) is 16.0. The van der Waals surface area contributed by atoms with E-state index in [2.05, 4.69) is 40.5 Å². The number of hydrogen-bond acceptors (Lipinski definition) is 2. The molecule has 0 aromatic heterocycles. The lowest BCUT2D eigenvalue weighted by Gasteiger charge is -2.42. The predicted molar refractivity (Wildman–Crippen MR) is 107 cm³/mol. The van der Waals surface area contributed by atoms with E-state index in [1.165, 1.54) is 69.9 Å². The number of benzene rings is 1. The highest BCUT2D eigenvalue weighted by atomic mass is 15.3. The van der Waals surface area contributed by atoms with Crippen LogP contribution in [0.2, 0.25) is 0 Å². The zero-order valence-electron chi connectivity index (χ0n) is 16.0. The summed E-state index contributed by atoms with van der Waals surface area (Å²) in [7, 11) is 0. The Morgan fingerprint density at radius 2 is 1.46 bits per heavy atom. The summed E-state index contributed by atoms with van der Waals surface area (Å²) in [5.41, 5.74) is 1.51. The van der Waals surface area contributed by atoms with Crippen LogP contribution in [0.4, 0.5) is 5.69 Å². The summed E-state index contributed by atoms with van der Waals surface area (Å²) in [4.78, 5) is 2.91. The SMILES string of the molecule is c1ccc(N2C3CCCCC3C3C4NC5CCCCC5C4CCC32)cc1. The average molecular weight is 351 g/mol. The molecule has 5 aliphatic rings. The molecule has 8 atom stereocenters. The molecule has 1 aromatic carbocycles. The molecule has 0 spiro atoms. The van der Waals surface area contributed by atoms with Gasteiger partial charge in [0.25, 0.3) is 0 Å². The molecule has 2 nitrogen and oxygen atoms in total. The van der Waals surface area contributed by atoms with Crippen LogP contribution in [0.25, 0.3) is 0 Å². The van der Waals surface area contributed by atoms with Gasteiger partial charge in [0.2, 0.25) is 0 Å². The molecule has 5 fully saturated rings. The van der Waals surface area contributed by atoms with Crippen molar-refractivity contribution in [3.05, 3.63) is 30.3 Å². The summed E-state index contributed by atoms with van der Waals surface area (Å²) in [6, 6.07) is 14.7. The van der Waals surface area contributed by atoms with Crippen LogP contribution in [0.1, 0.15) is 64.2 Å². The van der Waals surface area contributed by atoms with Gasteiger partial charge in [-0.05, 0) is 74.3 Å². The van der Waals surface area contributed by atoms with Gasteiger partial charge in [0.15, 0.2) is 0 Å². The van der Waals surface area contributed by atoms with Crippen LogP contribution >= 0.6 is 0 Å². The number of nitrogens with one attached hydrogen (secondary N) is 1. The van der Waals surface area contributed by atoms with Crippen molar-refractivity contribution in [2.24, 2.45) is 23.7 Å². The van der Waals surface area contributed by atoms with Crippen molar-refractivity contribution in [2.75, 3.05) is 4.90 Å². The van der Waals surface area contributed by atoms with Gasteiger partial charge in [-0.15, -0.1) is 0 Å². The molecule has 0 amide bonds. The fourth-order valence-electron chi connectivity index (χ4n) is 8.14. The minimum Gasteiger partial charge on any atom is -0.365 e. The minimum absolute atomic E-state index is 0.791. The molecule has 6 rings (SSSR count). The predicted octanol–water partition coefficient (Wildman–Crippen LogP) is 4.99. The van der Waals surface area contributed by atoms with Crippen molar-refractivity contribution in [1.82, 2.24) is 5.32 Å². The summed E-state index contributed by atoms with van der Waals surface area (Å²) < 4.78 is 0. The number of hydrogen-bond donors (Lipinski definition) is 1.